The number of allylic oxidation sites excluding steroid dienone is 4. The Morgan fingerprint density at radius 1 is 1.19 bits per heavy atom. The summed E-state index contributed by atoms with van der Waals surface area (Å²) in [5.41, 5.74) is 3.37. The summed E-state index contributed by atoms with van der Waals surface area (Å²) in [5, 5.41) is 0. The van der Waals surface area contributed by atoms with Crippen LogP contribution in [0.4, 0.5) is 0 Å². The number of hydrogen-bond donors (Lipinski definition) is 0. The van der Waals surface area contributed by atoms with Gasteiger partial charge in [0, 0.05) is 11.8 Å². The molecule has 3 aliphatic carbocycles. The maximum Gasteiger partial charge on any atom is 0.138 e. The van der Waals surface area contributed by atoms with Crippen LogP contribution in [0.25, 0.3) is 0 Å². The highest BCUT2D eigenvalue weighted by molar-refractivity contribution is 5.85. The van der Waals surface area contributed by atoms with Crippen molar-refractivity contribution in [1.82, 2.24) is 0 Å². The summed E-state index contributed by atoms with van der Waals surface area (Å²) >= 11 is 0. The van der Waals surface area contributed by atoms with Crippen LogP contribution in [0.2, 0.25) is 0 Å². The number of carbonyl (C=O) groups is 1. The molecule has 0 spiro atoms. The molecule has 0 aromatic heterocycles. The van der Waals surface area contributed by atoms with Gasteiger partial charge < -0.3 is 0 Å². The van der Waals surface area contributed by atoms with Crippen molar-refractivity contribution in [3.63, 3.8) is 0 Å². The summed E-state index contributed by atoms with van der Waals surface area (Å²) in [7, 11) is 0. The Balaban J connectivity index is 1.99. The van der Waals surface area contributed by atoms with Gasteiger partial charge in [-0.3, -0.25) is 4.79 Å². The smallest absolute Gasteiger partial charge is 0.138 e. The van der Waals surface area contributed by atoms with E-state index >= 15 is 0 Å². The van der Waals surface area contributed by atoms with Crippen LogP contribution in [-0.2, 0) is 4.79 Å². The first-order valence-electron chi connectivity index (χ1n) is 8.70. The van der Waals surface area contributed by atoms with E-state index in [2.05, 4.69) is 46.8 Å². The summed E-state index contributed by atoms with van der Waals surface area (Å²) in [6.45, 7) is 11.5. The molecule has 116 valence electrons. The zero-order chi connectivity index (χ0) is 15.4. The van der Waals surface area contributed by atoms with Crippen LogP contribution in [0, 0.1) is 28.6 Å². The molecule has 3 atom stereocenters. The van der Waals surface area contributed by atoms with E-state index in [0.717, 1.165) is 19.3 Å². The Morgan fingerprint density at radius 3 is 2.57 bits per heavy atom. The topological polar surface area (TPSA) is 17.1 Å². The number of carbonyl (C=O) groups excluding carboxylic acids is 1. The van der Waals surface area contributed by atoms with Crippen molar-refractivity contribution >= 4 is 5.78 Å². The summed E-state index contributed by atoms with van der Waals surface area (Å²) in [4.78, 5) is 12.4. The fourth-order valence-corrected chi connectivity index (χ4v) is 5.36. The molecule has 0 heterocycles. The maximum atomic E-state index is 12.4. The van der Waals surface area contributed by atoms with Gasteiger partial charge in [-0.1, -0.05) is 52.3 Å². The average Bonchev–Trinajstić information content (AvgIpc) is 2.43. The molecular weight excluding hydrogens is 256 g/mol. The molecule has 1 saturated carbocycles. The van der Waals surface area contributed by atoms with Gasteiger partial charge in [0.25, 0.3) is 0 Å². The largest absolute Gasteiger partial charge is 0.299 e. The SMILES string of the molecule is CC(C)C1=CC2=CC[C@@H]3C(C)(C)C(=O)CC[C@@]3(C)[C@@H]2CC1. The van der Waals surface area contributed by atoms with Crippen molar-refractivity contribution in [2.75, 3.05) is 0 Å². The van der Waals surface area contributed by atoms with Crippen molar-refractivity contribution in [1.29, 1.82) is 0 Å². The van der Waals surface area contributed by atoms with Crippen molar-refractivity contribution in [2.45, 2.75) is 66.7 Å². The lowest BCUT2D eigenvalue weighted by Crippen LogP contribution is -2.52. The fourth-order valence-electron chi connectivity index (χ4n) is 5.36. The van der Waals surface area contributed by atoms with Crippen LogP contribution in [0.15, 0.2) is 23.3 Å². The second-order valence-corrected chi connectivity index (χ2v) is 8.61. The molecular formula is C20H30O. The van der Waals surface area contributed by atoms with Crippen LogP contribution in [0.1, 0.15) is 66.7 Å². The Hall–Kier alpha value is -0.850. The second kappa shape index (κ2) is 4.83. The molecule has 1 heteroatoms. The third-order valence-corrected chi connectivity index (χ3v) is 6.88. The van der Waals surface area contributed by atoms with E-state index in [1.54, 1.807) is 11.1 Å². The van der Waals surface area contributed by atoms with E-state index in [-0.39, 0.29) is 5.41 Å². The lowest BCUT2D eigenvalue weighted by molar-refractivity contribution is -0.143. The van der Waals surface area contributed by atoms with Gasteiger partial charge in [-0.25, -0.2) is 0 Å². The van der Waals surface area contributed by atoms with E-state index in [1.165, 1.54) is 12.8 Å². The van der Waals surface area contributed by atoms with E-state index in [1.807, 2.05) is 0 Å². The minimum absolute atomic E-state index is 0.142. The quantitative estimate of drug-likeness (QED) is 0.637. The molecule has 0 amide bonds. The van der Waals surface area contributed by atoms with Crippen LogP contribution in [0.3, 0.4) is 0 Å². The number of hydrogen-bond acceptors (Lipinski definition) is 1. The first-order valence-corrected chi connectivity index (χ1v) is 8.70. The number of Topliss-reactive ketones (excluding diaryl/α,β-unsaturated/α-hetero) is 1. The minimum Gasteiger partial charge on any atom is -0.299 e. The Morgan fingerprint density at radius 2 is 1.90 bits per heavy atom. The summed E-state index contributed by atoms with van der Waals surface area (Å²) < 4.78 is 0. The molecule has 0 bridgehead atoms. The molecule has 0 aromatic carbocycles. The third kappa shape index (κ3) is 2.15. The van der Waals surface area contributed by atoms with Gasteiger partial charge in [-0.15, -0.1) is 0 Å². The molecule has 0 saturated heterocycles. The third-order valence-electron chi connectivity index (χ3n) is 6.88. The molecule has 21 heavy (non-hydrogen) atoms. The highest BCUT2D eigenvalue weighted by Gasteiger charge is 2.55. The zero-order valence-electron chi connectivity index (χ0n) is 14.3. The van der Waals surface area contributed by atoms with E-state index in [4.69, 9.17) is 0 Å². The van der Waals surface area contributed by atoms with E-state index in [9.17, 15) is 4.79 Å². The number of rotatable bonds is 1. The monoisotopic (exact) mass is 286 g/mol. The lowest BCUT2D eigenvalue weighted by Gasteiger charge is -2.56. The van der Waals surface area contributed by atoms with Crippen LogP contribution in [-0.4, -0.2) is 5.78 Å². The summed E-state index contributed by atoms with van der Waals surface area (Å²) in [5.74, 6) is 2.35. The lowest BCUT2D eigenvalue weighted by atomic mass is 9.47. The van der Waals surface area contributed by atoms with Crippen molar-refractivity contribution in [3.05, 3.63) is 23.3 Å². The molecule has 0 unspecified atom stereocenters. The van der Waals surface area contributed by atoms with Gasteiger partial charge in [0.05, 0.1) is 0 Å². The van der Waals surface area contributed by atoms with Gasteiger partial charge in [-0.2, -0.15) is 0 Å². The molecule has 1 fully saturated rings. The Kier molecular flexibility index (Phi) is 3.46. The normalized spacial score (nSPS) is 38.5. The van der Waals surface area contributed by atoms with Gasteiger partial charge in [-0.05, 0) is 54.4 Å². The summed E-state index contributed by atoms with van der Waals surface area (Å²) in [6, 6.07) is 0. The Labute approximate surface area is 129 Å². The molecule has 0 N–H and O–H groups in total. The van der Waals surface area contributed by atoms with Gasteiger partial charge in [0.2, 0.25) is 0 Å². The number of fused-ring (bicyclic) bond motifs is 3. The van der Waals surface area contributed by atoms with E-state index < -0.39 is 0 Å². The predicted octanol–water partition coefficient (Wildman–Crippen LogP) is 5.32. The standard InChI is InChI=1S/C20H30O/c1-13(2)14-6-8-16-15(12-14)7-9-17-19(3,4)18(21)10-11-20(16,17)5/h7,12-13,16-17H,6,8-11H2,1-5H3/t16-,17-,20+/m1/s1. The zero-order valence-corrected chi connectivity index (χ0v) is 14.3. The molecule has 0 aromatic rings. The molecule has 3 aliphatic rings. The van der Waals surface area contributed by atoms with Crippen molar-refractivity contribution in [2.24, 2.45) is 28.6 Å². The van der Waals surface area contributed by atoms with Crippen LogP contribution in [0.5, 0.6) is 0 Å². The molecule has 0 radical (unpaired) electrons. The Bertz CT molecular complexity index is 520. The van der Waals surface area contributed by atoms with Crippen molar-refractivity contribution in [3.8, 4) is 0 Å². The second-order valence-electron chi connectivity index (χ2n) is 8.61. The van der Waals surface area contributed by atoms with Crippen molar-refractivity contribution < 1.29 is 4.79 Å². The predicted molar refractivity (Wildman–Crippen MR) is 88.0 cm³/mol. The van der Waals surface area contributed by atoms with Gasteiger partial charge in [0.15, 0.2) is 0 Å². The highest BCUT2D eigenvalue weighted by atomic mass is 16.1. The average molecular weight is 286 g/mol. The van der Waals surface area contributed by atoms with E-state index in [0.29, 0.717) is 29.0 Å². The minimum atomic E-state index is -0.142. The molecule has 1 nitrogen and oxygen atoms in total. The van der Waals surface area contributed by atoms with Crippen LogP contribution < -0.4 is 0 Å². The van der Waals surface area contributed by atoms with Gasteiger partial charge >= 0.3 is 0 Å². The maximum absolute atomic E-state index is 12.4. The van der Waals surface area contributed by atoms with Gasteiger partial charge in [0.1, 0.15) is 5.78 Å². The first kappa shape index (κ1) is 15.1. The summed E-state index contributed by atoms with van der Waals surface area (Å²) in [6.07, 6.45) is 10.4. The molecule has 3 rings (SSSR count). The molecule has 0 aliphatic heterocycles. The fraction of sp³-hybridized carbons (Fsp3) is 0.750. The first-order chi connectivity index (χ1) is 9.76. The number of ketones is 1. The van der Waals surface area contributed by atoms with Crippen LogP contribution >= 0.6 is 0 Å². The highest BCUT2D eigenvalue weighted by Crippen LogP contribution is 2.60.